The number of anilines is 2. The molecule has 0 bridgehead atoms. The second-order valence-corrected chi connectivity index (χ2v) is 10.9. The standard InChI is InChI=1S/C23H27N3O4S2/c1-15-12-17-13-20(8-9-21(17)26(15)23(28)16-6-7-16)32(29,30)24-11-10-22(27)25-18-4-3-5-19(14-18)31-2/h3-5,8-9,13-16,24H,6-7,10-12H2,1-2H3,(H,25,27). The van der Waals surface area contributed by atoms with Gasteiger partial charge in [-0.15, -0.1) is 11.8 Å². The van der Waals surface area contributed by atoms with E-state index < -0.39 is 10.0 Å². The van der Waals surface area contributed by atoms with E-state index in [1.165, 1.54) is 6.07 Å². The number of carbonyl (C=O) groups is 2. The highest BCUT2D eigenvalue weighted by Gasteiger charge is 2.39. The molecule has 1 fully saturated rings. The number of nitrogens with zero attached hydrogens (tertiary/aromatic N) is 1. The van der Waals surface area contributed by atoms with E-state index in [1.807, 2.05) is 36.3 Å². The van der Waals surface area contributed by atoms with Crippen molar-refractivity contribution in [2.24, 2.45) is 5.92 Å². The molecule has 2 aliphatic rings. The van der Waals surface area contributed by atoms with Crippen molar-refractivity contribution in [3.63, 3.8) is 0 Å². The largest absolute Gasteiger partial charge is 0.326 e. The van der Waals surface area contributed by atoms with Crippen LogP contribution in [0.1, 0.15) is 31.7 Å². The van der Waals surface area contributed by atoms with Gasteiger partial charge in [0.15, 0.2) is 0 Å². The van der Waals surface area contributed by atoms with Crippen LogP contribution in [0.15, 0.2) is 52.3 Å². The van der Waals surface area contributed by atoms with Crippen molar-refractivity contribution >= 4 is 45.0 Å². The summed E-state index contributed by atoms with van der Waals surface area (Å²) in [6, 6.07) is 12.4. The van der Waals surface area contributed by atoms with Gasteiger partial charge >= 0.3 is 0 Å². The summed E-state index contributed by atoms with van der Waals surface area (Å²) in [6.07, 6.45) is 4.48. The molecular weight excluding hydrogens is 446 g/mol. The smallest absolute Gasteiger partial charge is 0.240 e. The van der Waals surface area contributed by atoms with Crippen LogP contribution in [0.5, 0.6) is 0 Å². The Balaban J connectivity index is 1.36. The number of sulfonamides is 1. The van der Waals surface area contributed by atoms with Crippen LogP contribution in [0, 0.1) is 5.92 Å². The van der Waals surface area contributed by atoms with Gasteiger partial charge in [0.05, 0.1) is 4.90 Å². The van der Waals surface area contributed by atoms with E-state index >= 15 is 0 Å². The number of benzene rings is 2. The molecule has 0 radical (unpaired) electrons. The first-order chi connectivity index (χ1) is 15.3. The second kappa shape index (κ2) is 9.25. The van der Waals surface area contributed by atoms with Gasteiger partial charge in [-0.1, -0.05) is 6.07 Å². The minimum atomic E-state index is -3.76. The molecule has 0 aromatic heterocycles. The maximum atomic E-state index is 12.7. The Morgan fingerprint density at radius 3 is 2.66 bits per heavy atom. The fourth-order valence-corrected chi connectivity index (χ4v) is 5.49. The number of rotatable bonds is 8. The number of fused-ring (bicyclic) bond motifs is 1. The van der Waals surface area contributed by atoms with Gasteiger partial charge in [-0.3, -0.25) is 9.59 Å². The van der Waals surface area contributed by atoms with Crippen molar-refractivity contribution in [2.45, 2.75) is 48.4 Å². The number of amides is 2. The van der Waals surface area contributed by atoms with E-state index in [0.29, 0.717) is 12.1 Å². The molecule has 1 atom stereocenters. The predicted octanol–water partition coefficient (Wildman–Crippen LogP) is 3.40. The Morgan fingerprint density at radius 1 is 1.16 bits per heavy atom. The molecule has 1 unspecified atom stereocenters. The van der Waals surface area contributed by atoms with E-state index in [-0.39, 0.29) is 41.6 Å². The summed E-state index contributed by atoms with van der Waals surface area (Å²) >= 11 is 1.58. The van der Waals surface area contributed by atoms with Crippen LogP contribution in [0.3, 0.4) is 0 Å². The van der Waals surface area contributed by atoms with E-state index in [2.05, 4.69) is 10.0 Å². The van der Waals surface area contributed by atoms with Gasteiger partial charge in [0, 0.05) is 41.2 Å². The van der Waals surface area contributed by atoms with Gasteiger partial charge in [0.1, 0.15) is 0 Å². The SMILES string of the molecule is CSc1cccc(NC(=O)CCNS(=O)(=O)c2ccc3c(c2)CC(C)N3C(=O)C2CC2)c1. The first-order valence-electron chi connectivity index (χ1n) is 10.7. The van der Waals surface area contributed by atoms with Gasteiger partial charge in [0.25, 0.3) is 0 Å². The summed E-state index contributed by atoms with van der Waals surface area (Å²) in [5, 5.41) is 2.79. The van der Waals surface area contributed by atoms with Crippen LogP contribution in [0.2, 0.25) is 0 Å². The minimum absolute atomic E-state index is 0.00381. The fourth-order valence-electron chi connectivity index (χ4n) is 3.94. The zero-order chi connectivity index (χ0) is 22.9. The van der Waals surface area contributed by atoms with Crippen molar-refractivity contribution in [1.82, 2.24) is 4.72 Å². The molecule has 7 nitrogen and oxygen atoms in total. The zero-order valence-corrected chi connectivity index (χ0v) is 19.8. The quantitative estimate of drug-likeness (QED) is 0.573. The molecule has 2 N–H and O–H groups in total. The van der Waals surface area contributed by atoms with Crippen LogP contribution in [0.25, 0.3) is 0 Å². The van der Waals surface area contributed by atoms with Gasteiger partial charge in [-0.25, -0.2) is 13.1 Å². The van der Waals surface area contributed by atoms with E-state index in [1.54, 1.807) is 30.0 Å². The Bertz CT molecular complexity index is 1150. The lowest BCUT2D eigenvalue weighted by Gasteiger charge is -2.22. The predicted molar refractivity (Wildman–Crippen MR) is 126 cm³/mol. The third-order valence-corrected chi connectivity index (χ3v) is 7.92. The molecule has 0 spiro atoms. The number of carbonyl (C=O) groups excluding carboxylic acids is 2. The molecule has 9 heteroatoms. The topological polar surface area (TPSA) is 95.6 Å². The van der Waals surface area contributed by atoms with Gasteiger partial charge in [-0.05, 0) is 74.4 Å². The van der Waals surface area contributed by atoms with Crippen molar-refractivity contribution in [3.8, 4) is 0 Å². The van der Waals surface area contributed by atoms with Crippen molar-refractivity contribution < 1.29 is 18.0 Å². The summed E-state index contributed by atoms with van der Waals surface area (Å²) in [5.74, 6) is -0.00940. The van der Waals surface area contributed by atoms with Crippen LogP contribution < -0.4 is 14.9 Å². The molecule has 170 valence electrons. The fraction of sp³-hybridized carbons (Fsp3) is 0.391. The summed E-state index contributed by atoms with van der Waals surface area (Å²) in [4.78, 5) is 27.8. The van der Waals surface area contributed by atoms with Crippen LogP contribution in [0.4, 0.5) is 11.4 Å². The zero-order valence-electron chi connectivity index (χ0n) is 18.1. The number of hydrogen-bond donors (Lipinski definition) is 2. The third kappa shape index (κ3) is 5.00. The van der Waals surface area contributed by atoms with Gasteiger partial charge in [-0.2, -0.15) is 0 Å². The number of hydrogen-bond acceptors (Lipinski definition) is 5. The first kappa shape index (κ1) is 22.8. The Labute approximate surface area is 193 Å². The van der Waals surface area contributed by atoms with E-state index in [0.717, 1.165) is 29.0 Å². The Kier molecular flexibility index (Phi) is 6.60. The summed E-state index contributed by atoms with van der Waals surface area (Å²) in [5.41, 5.74) is 2.35. The monoisotopic (exact) mass is 473 g/mol. The average Bonchev–Trinajstić information content (AvgIpc) is 3.55. The van der Waals surface area contributed by atoms with Crippen LogP contribution in [-0.2, 0) is 26.0 Å². The molecule has 2 aromatic carbocycles. The average molecular weight is 474 g/mol. The highest BCUT2D eigenvalue weighted by molar-refractivity contribution is 7.98. The summed E-state index contributed by atoms with van der Waals surface area (Å²) < 4.78 is 28.0. The van der Waals surface area contributed by atoms with Crippen molar-refractivity contribution in [2.75, 3.05) is 23.0 Å². The molecule has 1 saturated carbocycles. The van der Waals surface area contributed by atoms with Crippen molar-refractivity contribution in [1.29, 1.82) is 0 Å². The highest BCUT2D eigenvalue weighted by atomic mass is 32.2. The Morgan fingerprint density at radius 2 is 1.94 bits per heavy atom. The lowest BCUT2D eigenvalue weighted by molar-refractivity contribution is -0.120. The normalized spacial score (nSPS) is 17.8. The molecule has 2 amide bonds. The molecule has 2 aromatic rings. The number of nitrogens with one attached hydrogen (secondary N) is 2. The molecule has 1 aliphatic heterocycles. The maximum absolute atomic E-state index is 12.7. The maximum Gasteiger partial charge on any atom is 0.240 e. The minimum Gasteiger partial charge on any atom is -0.326 e. The molecule has 1 heterocycles. The third-order valence-electron chi connectivity index (χ3n) is 5.74. The van der Waals surface area contributed by atoms with Crippen molar-refractivity contribution in [3.05, 3.63) is 48.0 Å². The van der Waals surface area contributed by atoms with Crippen LogP contribution in [-0.4, -0.2) is 39.1 Å². The highest BCUT2D eigenvalue weighted by Crippen LogP contribution is 2.39. The Hall–Kier alpha value is -2.36. The number of thioether (sulfide) groups is 1. The van der Waals surface area contributed by atoms with E-state index in [4.69, 9.17) is 0 Å². The lowest BCUT2D eigenvalue weighted by atomic mass is 10.1. The molecule has 0 saturated heterocycles. The lowest BCUT2D eigenvalue weighted by Crippen LogP contribution is -2.36. The molecular formula is C23H27N3O4S2. The van der Waals surface area contributed by atoms with Gasteiger partial charge in [0.2, 0.25) is 21.8 Å². The second-order valence-electron chi connectivity index (χ2n) is 8.25. The van der Waals surface area contributed by atoms with Gasteiger partial charge < -0.3 is 10.2 Å². The molecule has 32 heavy (non-hydrogen) atoms. The first-order valence-corrected chi connectivity index (χ1v) is 13.4. The van der Waals surface area contributed by atoms with E-state index in [9.17, 15) is 18.0 Å². The summed E-state index contributed by atoms with van der Waals surface area (Å²) in [7, 11) is -3.76. The van der Waals surface area contributed by atoms with Crippen LogP contribution >= 0.6 is 11.8 Å². The molecule has 1 aliphatic carbocycles. The molecule has 4 rings (SSSR count). The summed E-state index contributed by atoms with van der Waals surface area (Å²) in [6.45, 7) is 1.98.